The van der Waals surface area contributed by atoms with E-state index in [1.807, 2.05) is 52.0 Å². The SMILES string of the molecule is CCCCNC(=O)C(CC)N(Cc1ccc(C)cc1)C(=O)CN(C)S(=O)(=O)c1ccc(C)cc1. The van der Waals surface area contributed by atoms with Gasteiger partial charge in [-0.2, -0.15) is 4.31 Å². The van der Waals surface area contributed by atoms with Crippen LogP contribution in [0.15, 0.2) is 53.4 Å². The predicted octanol–water partition coefficient (Wildman–Crippen LogP) is 3.65. The molecule has 0 aromatic heterocycles. The Labute approximate surface area is 204 Å². The van der Waals surface area contributed by atoms with Crippen LogP contribution in [0.1, 0.15) is 49.8 Å². The van der Waals surface area contributed by atoms with Crippen LogP contribution in [0, 0.1) is 13.8 Å². The largest absolute Gasteiger partial charge is 0.354 e. The molecule has 0 saturated carbocycles. The number of unbranched alkanes of at least 4 members (excludes halogenated alkanes) is 1. The summed E-state index contributed by atoms with van der Waals surface area (Å²) in [6.45, 7) is 8.15. The molecule has 0 aliphatic rings. The topological polar surface area (TPSA) is 86.8 Å². The summed E-state index contributed by atoms with van der Waals surface area (Å²) in [4.78, 5) is 28.0. The second-order valence-electron chi connectivity index (χ2n) is 8.65. The summed E-state index contributed by atoms with van der Waals surface area (Å²) in [7, 11) is -2.46. The molecule has 7 nitrogen and oxygen atoms in total. The van der Waals surface area contributed by atoms with Crippen LogP contribution in [-0.2, 0) is 26.2 Å². The number of likely N-dealkylation sites (N-methyl/N-ethyl adjacent to an activating group) is 1. The highest BCUT2D eigenvalue weighted by molar-refractivity contribution is 7.89. The van der Waals surface area contributed by atoms with Crippen molar-refractivity contribution in [2.24, 2.45) is 0 Å². The van der Waals surface area contributed by atoms with Crippen molar-refractivity contribution in [3.05, 3.63) is 65.2 Å². The molecule has 0 bridgehead atoms. The van der Waals surface area contributed by atoms with E-state index < -0.39 is 22.0 Å². The number of amides is 2. The minimum atomic E-state index is -3.85. The van der Waals surface area contributed by atoms with Crippen LogP contribution < -0.4 is 5.32 Å². The second kappa shape index (κ2) is 12.7. The van der Waals surface area contributed by atoms with Crippen molar-refractivity contribution in [3.8, 4) is 0 Å². The Morgan fingerprint density at radius 1 is 0.941 bits per heavy atom. The normalized spacial score (nSPS) is 12.4. The zero-order valence-corrected chi connectivity index (χ0v) is 21.7. The molecule has 1 atom stereocenters. The molecule has 0 aliphatic heterocycles. The van der Waals surface area contributed by atoms with Crippen molar-refractivity contribution in [1.29, 1.82) is 0 Å². The van der Waals surface area contributed by atoms with Gasteiger partial charge >= 0.3 is 0 Å². The highest BCUT2D eigenvalue weighted by atomic mass is 32.2. The van der Waals surface area contributed by atoms with E-state index >= 15 is 0 Å². The Morgan fingerprint density at radius 2 is 1.50 bits per heavy atom. The number of aryl methyl sites for hydroxylation is 2. The van der Waals surface area contributed by atoms with Crippen LogP contribution in [0.4, 0.5) is 0 Å². The van der Waals surface area contributed by atoms with E-state index in [1.165, 1.54) is 24.1 Å². The maximum atomic E-state index is 13.4. The predicted molar refractivity (Wildman–Crippen MR) is 135 cm³/mol. The van der Waals surface area contributed by atoms with Gasteiger partial charge < -0.3 is 10.2 Å². The fraction of sp³-hybridized carbons (Fsp3) is 0.462. The molecular weight excluding hydrogens is 450 g/mol. The van der Waals surface area contributed by atoms with Crippen LogP contribution in [0.2, 0.25) is 0 Å². The molecule has 0 radical (unpaired) electrons. The molecule has 0 saturated heterocycles. The van der Waals surface area contributed by atoms with Gasteiger partial charge in [-0.3, -0.25) is 9.59 Å². The Kier molecular flexibility index (Phi) is 10.3. The van der Waals surface area contributed by atoms with Gasteiger partial charge in [0.2, 0.25) is 21.8 Å². The number of sulfonamides is 1. The lowest BCUT2D eigenvalue weighted by Crippen LogP contribution is -2.51. The number of carbonyl (C=O) groups excluding carboxylic acids is 2. The maximum Gasteiger partial charge on any atom is 0.243 e. The number of hydrogen-bond acceptors (Lipinski definition) is 4. The van der Waals surface area contributed by atoms with E-state index in [9.17, 15) is 18.0 Å². The van der Waals surface area contributed by atoms with Gasteiger partial charge in [-0.15, -0.1) is 0 Å². The Morgan fingerprint density at radius 3 is 2.03 bits per heavy atom. The first kappa shape index (κ1) is 27.5. The summed E-state index contributed by atoms with van der Waals surface area (Å²) in [5.41, 5.74) is 2.92. The van der Waals surface area contributed by atoms with E-state index in [-0.39, 0.29) is 23.9 Å². The number of nitrogens with one attached hydrogen (secondary N) is 1. The van der Waals surface area contributed by atoms with Gasteiger partial charge in [-0.05, 0) is 44.4 Å². The molecule has 0 spiro atoms. The molecule has 2 amide bonds. The zero-order chi connectivity index (χ0) is 25.3. The van der Waals surface area contributed by atoms with Crippen molar-refractivity contribution in [2.75, 3.05) is 20.1 Å². The van der Waals surface area contributed by atoms with Gasteiger partial charge in [0.05, 0.1) is 11.4 Å². The fourth-order valence-corrected chi connectivity index (χ4v) is 4.69. The number of hydrogen-bond donors (Lipinski definition) is 1. The quantitative estimate of drug-likeness (QED) is 0.463. The first-order valence-corrected chi connectivity index (χ1v) is 13.2. The minimum absolute atomic E-state index is 0.128. The summed E-state index contributed by atoms with van der Waals surface area (Å²) in [6, 6.07) is 13.6. The van der Waals surface area contributed by atoms with E-state index in [0.29, 0.717) is 13.0 Å². The van der Waals surface area contributed by atoms with Gasteiger partial charge in [0.25, 0.3) is 0 Å². The van der Waals surface area contributed by atoms with E-state index in [0.717, 1.165) is 33.8 Å². The molecule has 0 heterocycles. The molecule has 0 aliphatic carbocycles. The van der Waals surface area contributed by atoms with Crippen molar-refractivity contribution in [3.63, 3.8) is 0 Å². The third-order valence-electron chi connectivity index (χ3n) is 5.78. The number of benzene rings is 2. The van der Waals surface area contributed by atoms with Crippen LogP contribution in [0.25, 0.3) is 0 Å². The third-order valence-corrected chi connectivity index (χ3v) is 7.59. The monoisotopic (exact) mass is 487 g/mol. The van der Waals surface area contributed by atoms with Gasteiger partial charge in [0.1, 0.15) is 6.04 Å². The average molecular weight is 488 g/mol. The smallest absolute Gasteiger partial charge is 0.243 e. The van der Waals surface area contributed by atoms with Crippen molar-refractivity contribution in [2.45, 2.75) is 64.4 Å². The minimum Gasteiger partial charge on any atom is -0.354 e. The van der Waals surface area contributed by atoms with Gasteiger partial charge in [-0.1, -0.05) is 67.8 Å². The van der Waals surface area contributed by atoms with Gasteiger partial charge in [-0.25, -0.2) is 8.42 Å². The Hall–Kier alpha value is -2.71. The van der Waals surface area contributed by atoms with Crippen LogP contribution in [-0.4, -0.2) is 55.6 Å². The highest BCUT2D eigenvalue weighted by Crippen LogP contribution is 2.18. The molecule has 2 aromatic rings. The third kappa shape index (κ3) is 7.40. The molecule has 2 rings (SSSR count). The Bertz CT molecular complexity index is 1050. The Balaban J connectivity index is 2.28. The molecule has 8 heteroatoms. The number of carbonyl (C=O) groups is 2. The summed E-state index contributed by atoms with van der Waals surface area (Å²) < 4.78 is 27.1. The lowest BCUT2D eigenvalue weighted by Gasteiger charge is -2.32. The van der Waals surface area contributed by atoms with E-state index in [4.69, 9.17) is 0 Å². The molecule has 2 aromatic carbocycles. The first-order valence-electron chi connectivity index (χ1n) is 11.8. The molecular formula is C26H37N3O4S. The molecule has 186 valence electrons. The fourth-order valence-electron chi connectivity index (χ4n) is 3.57. The van der Waals surface area contributed by atoms with Crippen LogP contribution in [0.5, 0.6) is 0 Å². The molecule has 34 heavy (non-hydrogen) atoms. The summed E-state index contributed by atoms with van der Waals surface area (Å²) in [6.07, 6.45) is 2.22. The van der Waals surface area contributed by atoms with E-state index in [1.54, 1.807) is 12.1 Å². The second-order valence-corrected chi connectivity index (χ2v) is 10.7. The zero-order valence-electron chi connectivity index (χ0n) is 20.9. The lowest BCUT2D eigenvalue weighted by atomic mass is 10.1. The molecule has 1 N–H and O–H groups in total. The first-order chi connectivity index (χ1) is 16.1. The molecule has 1 unspecified atom stereocenters. The lowest BCUT2D eigenvalue weighted by molar-refractivity contribution is -0.141. The van der Waals surface area contributed by atoms with Gasteiger partial charge in [0, 0.05) is 20.1 Å². The maximum absolute atomic E-state index is 13.4. The summed E-state index contributed by atoms with van der Waals surface area (Å²) in [5, 5.41) is 2.91. The standard InChI is InChI=1S/C26H37N3O4S/c1-6-8-17-27-26(31)24(7-2)29(18-22-13-9-20(3)10-14-22)25(30)19-28(5)34(32,33)23-15-11-21(4)12-16-23/h9-16,24H,6-8,17-19H2,1-5H3,(H,27,31). The van der Waals surface area contributed by atoms with Gasteiger partial charge in [0.15, 0.2) is 0 Å². The average Bonchev–Trinajstić information content (AvgIpc) is 2.80. The van der Waals surface area contributed by atoms with Crippen LogP contribution in [0.3, 0.4) is 0 Å². The number of rotatable bonds is 12. The van der Waals surface area contributed by atoms with Crippen molar-refractivity contribution < 1.29 is 18.0 Å². The molecule has 0 fully saturated rings. The number of nitrogens with zero attached hydrogens (tertiary/aromatic N) is 2. The summed E-state index contributed by atoms with van der Waals surface area (Å²) >= 11 is 0. The highest BCUT2D eigenvalue weighted by Gasteiger charge is 2.31. The van der Waals surface area contributed by atoms with Crippen molar-refractivity contribution >= 4 is 21.8 Å². The van der Waals surface area contributed by atoms with Crippen LogP contribution >= 0.6 is 0 Å². The van der Waals surface area contributed by atoms with E-state index in [2.05, 4.69) is 5.32 Å². The van der Waals surface area contributed by atoms with Crippen molar-refractivity contribution in [1.82, 2.24) is 14.5 Å². The summed E-state index contributed by atoms with van der Waals surface area (Å²) in [5.74, 6) is -0.642.